The Labute approximate surface area is 154 Å². The van der Waals surface area contributed by atoms with E-state index in [-0.39, 0.29) is 17.4 Å². The summed E-state index contributed by atoms with van der Waals surface area (Å²) in [5.74, 6) is -0.430. The predicted octanol–water partition coefficient (Wildman–Crippen LogP) is 1.58. The number of nitrogens with zero attached hydrogens (tertiary/aromatic N) is 2. The quantitative estimate of drug-likeness (QED) is 0.852. The van der Waals surface area contributed by atoms with Crippen LogP contribution in [-0.4, -0.2) is 34.2 Å². The molecule has 2 aromatic heterocycles. The van der Waals surface area contributed by atoms with E-state index in [2.05, 4.69) is 4.98 Å². The number of anilines is 1. The first kappa shape index (κ1) is 16.9. The fraction of sp³-hybridized carbons (Fsp3) is 0.579. The van der Waals surface area contributed by atoms with Crippen molar-refractivity contribution >= 4 is 11.2 Å². The lowest BCUT2D eigenvalue weighted by molar-refractivity contribution is 0.346. The monoisotopic (exact) mass is 376 g/mol. The highest BCUT2D eigenvalue weighted by atomic mass is 19.1. The number of nitrogens with one attached hydrogen (secondary N) is 1. The van der Waals surface area contributed by atoms with Gasteiger partial charge in [0.1, 0.15) is 6.17 Å². The number of halogens is 2. The minimum Gasteiger partial charge on any atom is -0.368 e. The van der Waals surface area contributed by atoms with Gasteiger partial charge in [0.15, 0.2) is 5.82 Å². The molecule has 3 atom stereocenters. The molecule has 6 nitrogen and oxygen atoms in total. The number of aromatic nitrogens is 2. The zero-order valence-electron chi connectivity index (χ0n) is 15.1. The number of H-pyrrole nitrogens is 1. The van der Waals surface area contributed by atoms with Crippen molar-refractivity contribution in [2.45, 2.75) is 50.2 Å². The van der Waals surface area contributed by atoms with Gasteiger partial charge in [-0.2, -0.15) is 0 Å². The smallest absolute Gasteiger partial charge is 0.333 e. The van der Waals surface area contributed by atoms with Crippen LogP contribution in [0.1, 0.15) is 42.7 Å². The zero-order chi connectivity index (χ0) is 19.1. The summed E-state index contributed by atoms with van der Waals surface area (Å²) in [6.45, 7) is 2.81. The number of alkyl halides is 1. The van der Waals surface area contributed by atoms with Gasteiger partial charge in [0.05, 0.1) is 22.9 Å². The molecule has 0 aromatic carbocycles. The number of nitrogens with two attached hydrogens (primary N) is 1. The fourth-order valence-electron chi connectivity index (χ4n) is 4.75. The number of aromatic amines is 1. The van der Waals surface area contributed by atoms with Crippen LogP contribution < -0.4 is 21.9 Å². The molecule has 1 aliphatic heterocycles. The summed E-state index contributed by atoms with van der Waals surface area (Å²) in [4.78, 5) is 28.8. The lowest BCUT2D eigenvalue weighted by Gasteiger charge is -2.25. The standard InChI is InChI=1S/C19H22F2N4O2/c1-9-15(24-5-4-11(7-24)19(22)6-13(19)21)12(20)8-25-16(9)14(10-2-3-10)17(26)23-18(25)27/h8,10-11,13H,2-7,22H2,1H3,(H,23,26,27). The third kappa shape index (κ3) is 2.38. The van der Waals surface area contributed by atoms with Crippen LogP contribution in [0.5, 0.6) is 0 Å². The van der Waals surface area contributed by atoms with Gasteiger partial charge in [0, 0.05) is 30.6 Å². The number of hydrogen-bond acceptors (Lipinski definition) is 4. The molecule has 0 radical (unpaired) electrons. The maximum Gasteiger partial charge on any atom is 0.333 e. The van der Waals surface area contributed by atoms with E-state index in [9.17, 15) is 18.4 Å². The Bertz CT molecular complexity index is 1070. The van der Waals surface area contributed by atoms with Gasteiger partial charge in [-0.25, -0.2) is 13.6 Å². The van der Waals surface area contributed by atoms with Crippen LogP contribution in [0.4, 0.5) is 14.5 Å². The Morgan fingerprint density at radius 1 is 1.30 bits per heavy atom. The van der Waals surface area contributed by atoms with Crippen LogP contribution in [0, 0.1) is 18.7 Å². The van der Waals surface area contributed by atoms with Gasteiger partial charge in [-0.1, -0.05) is 0 Å². The molecule has 3 aliphatic rings. The number of aryl methyl sites for hydroxylation is 1. The Morgan fingerprint density at radius 3 is 2.63 bits per heavy atom. The van der Waals surface area contributed by atoms with Crippen molar-refractivity contribution in [3.8, 4) is 0 Å². The topological polar surface area (TPSA) is 83.6 Å². The van der Waals surface area contributed by atoms with E-state index in [1.165, 1.54) is 4.40 Å². The first-order valence-electron chi connectivity index (χ1n) is 9.47. The number of fused-ring (bicyclic) bond motifs is 1. The minimum absolute atomic E-state index is 0.0215. The molecule has 3 heterocycles. The van der Waals surface area contributed by atoms with Crippen molar-refractivity contribution in [2.24, 2.45) is 11.7 Å². The Kier molecular flexibility index (Phi) is 3.39. The molecule has 3 fully saturated rings. The highest BCUT2D eigenvalue weighted by Gasteiger charge is 2.58. The SMILES string of the molecule is Cc1c(N2CCC(C3(N)CC3F)C2)c(F)cn2c(=O)[nH]c(=O)c(C3CC3)c12. The lowest BCUT2D eigenvalue weighted by atomic mass is 9.97. The second kappa shape index (κ2) is 5.41. The molecule has 2 saturated carbocycles. The van der Waals surface area contributed by atoms with Gasteiger partial charge < -0.3 is 10.6 Å². The highest BCUT2D eigenvalue weighted by Crippen LogP contribution is 2.48. The van der Waals surface area contributed by atoms with E-state index in [0.29, 0.717) is 48.3 Å². The molecule has 2 aromatic rings. The number of hydrogen-bond donors (Lipinski definition) is 2. The second-order valence-corrected chi connectivity index (χ2v) is 8.33. The van der Waals surface area contributed by atoms with Crippen molar-refractivity contribution in [3.05, 3.63) is 44.0 Å². The van der Waals surface area contributed by atoms with Gasteiger partial charge in [0.25, 0.3) is 5.56 Å². The van der Waals surface area contributed by atoms with Crippen molar-refractivity contribution < 1.29 is 8.78 Å². The summed E-state index contributed by atoms with van der Waals surface area (Å²) >= 11 is 0. The fourth-order valence-corrected chi connectivity index (χ4v) is 4.75. The summed E-state index contributed by atoms with van der Waals surface area (Å²) in [5.41, 5.74) is 6.36. The summed E-state index contributed by atoms with van der Waals surface area (Å²) in [6, 6.07) is 0. The second-order valence-electron chi connectivity index (χ2n) is 8.33. The average Bonchev–Trinajstić information content (AvgIpc) is 3.48. The largest absolute Gasteiger partial charge is 0.368 e. The molecule has 3 unspecified atom stereocenters. The first-order valence-corrected chi connectivity index (χ1v) is 9.47. The van der Waals surface area contributed by atoms with E-state index in [1.807, 2.05) is 4.90 Å². The summed E-state index contributed by atoms with van der Waals surface area (Å²) in [7, 11) is 0. The average molecular weight is 376 g/mol. The maximum atomic E-state index is 15.0. The molecule has 144 valence electrons. The van der Waals surface area contributed by atoms with Crippen LogP contribution in [-0.2, 0) is 0 Å². The van der Waals surface area contributed by atoms with Gasteiger partial charge in [-0.3, -0.25) is 14.2 Å². The van der Waals surface area contributed by atoms with E-state index in [1.54, 1.807) is 6.92 Å². The van der Waals surface area contributed by atoms with E-state index in [0.717, 1.165) is 19.0 Å². The first-order chi connectivity index (χ1) is 12.8. The Hall–Kier alpha value is -2.22. The Morgan fingerprint density at radius 2 is 2.00 bits per heavy atom. The van der Waals surface area contributed by atoms with Crippen molar-refractivity contribution in [3.63, 3.8) is 0 Å². The lowest BCUT2D eigenvalue weighted by Crippen LogP contribution is -2.37. The van der Waals surface area contributed by atoms with Gasteiger partial charge in [0.2, 0.25) is 0 Å². The van der Waals surface area contributed by atoms with Crippen molar-refractivity contribution in [1.29, 1.82) is 0 Å². The van der Waals surface area contributed by atoms with Crippen molar-refractivity contribution in [1.82, 2.24) is 9.38 Å². The van der Waals surface area contributed by atoms with Crippen LogP contribution in [0.25, 0.3) is 5.52 Å². The molecule has 5 rings (SSSR count). The van der Waals surface area contributed by atoms with E-state index >= 15 is 0 Å². The minimum atomic E-state index is -0.983. The molecule has 0 bridgehead atoms. The zero-order valence-corrected chi connectivity index (χ0v) is 15.1. The van der Waals surface area contributed by atoms with Crippen LogP contribution in [0.15, 0.2) is 15.8 Å². The normalized spacial score (nSPS) is 30.3. The van der Waals surface area contributed by atoms with Gasteiger partial charge in [-0.05, 0) is 38.0 Å². The molecular weight excluding hydrogens is 354 g/mol. The summed E-state index contributed by atoms with van der Waals surface area (Å²) < 4.78 is 29.8. The van der Waals surface area contributed by atoms with Crippen LogP contribution in [0.3, 0.4) is 0 Å². The molecule has 8 heteroatoms. The molecule has 2 aliphatic carbocycles. The predicted molar refractivity (Wildman–Crippen MR) is 97.7 cm³/mol. The Balaban J connectivity index is 1.64. The van der Waals surface area contributed by atoms with Crippen molar-refractivity contribution in [2.75, 3.05) is 18.0 Å². The van der Waals surface area contributed by atoms with Crippen LogP contribution >= 0.6 is 0 Å². The molecule has 1 saturated heterocycles. The number of rotatable bonds is 3. The van der Waals surface area contributed by atoms with Gasteiger partial charge in [-0.15, -0.1) is 0 Å². The third-order valence-electron chi connectivity index (χ3n) is 6.56. The van der Waals surface area contributed by atoms with E-state index in [4.69, 9.17) is 5.73 Å². The maximum absolute atomic E-state index is 15.0. The van der Waals surface area contributed by atoms with Crippen LogP contribution in [0.2, 0.25) is 0 Å². The molecule has 0 spiro atoms. The number of pyridine rings is 1. The third-order valence-corrected chi connectivity index (χ3v) is 6.56. The molecule has 27 heavy (non-hydrogen) atoms. The van der Waals surface area contributed by atoms with E-state index < -0.39 is 23.2 Å². The molecule has 3 N–H and O–H groups in total. The summed E-state index contributed by atoms with van der Waals surface area (Å²) in [6.07, 6.45) is 3.02. The molecule has 0 amide bonds. The highest BCUT2D eigenvalue weighted by molar-refractivity contribution is 5.72. The van der Waals surface area contributed by atoms with Gasteiger partial charge >= 0.3 is 5.69 Å². The molecular formula is C19H22F2N4O2. The summed E-state index contributed by atoms with van der Waals surface area (Å²) in [5, 5.41) is 0.